The molecule has 0 unspecified atom stereocenters. The lowest BCUT2D eigenvalue weighted by atomic mass is 10.2. The Labute approximate surface area is 122 Å². The van der Waals surface area contributed by atoms with Gasteiger partial charge in [0.05, 0.1) is 0 Å². The summed E-state index contributed by atoms with van der Waals surface area (Å²) in [6.07, 6.45) is 2.68. The van der Waals surface area contributed by atoms with Gasteiger partial charge in [0.2, 0.25) is 0 Å². The Balaban J connectivity index is 1.60. The van der Waals surface area contributed by atoms with Crippen molar-refractivity contribution >= 4 is 5.82 Å². The van der Waals surface area contributed by atoms with Crippen LogP contribution in [0.3, 0.4) is 0 Å². The van der Waals surface area contributed by atoms with Gasteiger partial charge in [-0.2, -0.15) is 0 Å². The Morgan fingerprint density at radius 3 is 2.55 bits per heavy atom. The summed E-state index contributed by atoms with van der Waals surface area (Å²) in [5, 5.41) is 3.57. The first-order valence-electron chi connectivity index (χ1n) is 7.93. The van der Waals surface area contributed by atoms with E-state index in [1.165, 1.54) is 24.1 Å². The minimum absolute atomic E-state index is 0.760. The SMILES string of the molecule is CCN1CCN(c2ccc(CNC3CC3)c(C)n2)CC1. The second-order valence-electron chi connectivity index (χ2n) is 5.99. The fourth-order valence-electron chi connectivity index (χ4n) is 2.77. The first kappa shape index (κ1) is 13.8. The second kappa shape index (κ2) is 6.10. The van der Waals surface area contributed by atoms with Gasteiger partial charge in [0.1, 0.15) is 5.82 Å². The first-order valence-corrected chi connectivity index (χ1v) is 7.93. The normalized spacial score (nSPS) is 20.4. The predicted octanol–water partition coefficient (Wildman–Crippen LogP) is 1.78. The molecule has 1 N–H and O–H groups in total. The molecule has 1 saturated heterocycles. The number of rotatable bonds is 5. The molecule has 4 nitrogen and oxygen atoms in total. The first-order chi connectivity index (χ1) is 9.76. The monoisotopic (exact) mass is 274 g/mol. The number of nitrogens with one attached hydrogen (secondary N) is 1. The smallest absolute Gasteiger partial charge is 0.128 e. The van der Waals surface area contributed by atoms with Crippen LogP contribution in [0, 0.1) is 6.92 Å². The second-order valence-corrected chi connectivity index (χ2v) is 5.99. The molecule has 0 bridgehead atoms. The van der Waals surface area contributed by atoms with Gasteiger partial charge in [0.15, 0.2) is 0 Å². The Hall–Kier alpha value is -1.13. The lowest BCUT2D eigenvalue weighted by molar-refractivity contribution is 0.270. The fraction of sp³-hybridized carbons (Fsp3) is 0.688. The van der Waals surface area contributed by atoms with Crippen LogP contribution in [0.25, 0.3) is 0 Å². The molecule has 0 spiro atoms. The summed E-state index contributed by atoms with van der Waals surface area (Å²) in [5.74, 6) is 1.15. The highest BCUT2D eigenvalue weighted by Crippen LogP contribution is 2.21. The van der Waals surface area contributed by atoms with E-state index in [0.717, 1.165) is 51.1 Å². The zero-order valence-corrected chi connectivity index (χ0v) is 12.7. The largest absolute Gasteiger partial charge is 0.354 e. The topological polar surface area (TPSA) is 31.4 Å². The number of aryl methyl sites for hydroxylation is 1. The van der Waals surface area contributed by atoms with Gasteiger partial charge < -0.3 is 15.1 Å². The summed E-state index contributed by atoms with van der Waals surface area (Å²) in [6, 6.07) is 5.20. The van der Waals surface area contributed by atoms with Gasteiger partial charge in [-0.15, -0.1) is 0 Å². The van der Waals surface area contributed by atoms with Crippen molar-refractivity contribution in [3.05, 3.63) is 23.4 Å². The number of anilines is 1. The summed E-state index contributed by atoms with van der Waals surface area (Å²) in [7, 11) is 0. The molecule has 1 aromatic heterocycles. The molecule has 1 saturated carbocycles. The summed E-state index contributed by atoms with van der Waals surface area (Å²) in [4.78, 5) is 9.72. The van der Waals surface area contributed by atoms with Gasteiger partial charge in [-0.3, -0.25) is 0 Å². The number of hydrogen-bond acceptors (Lipinski definition) is 4. The van der Waals surface area contributed by atoms with Crippen molar-refractivity contribution in [1.82, 2.24) is 15.2 Å². The zero-order chi connectivity index (χ0) is 13.9. The summed E-state index contributed by atoms with van der Waals surface area (Å²) < 4.78 is 0. The van der Waals surface area contributed by atoms with Crippen molar-refractivity contribution in [2.24, 2.45) is 0 Å². The molecule has 4 heteroatoms. The van der Waals surface area contributed by atoms with E-state index < -0.39 is 0 Å². The summed E-state index contributed by atoms with van der Waals surface area (Å²) in [5.41, 5.74) is 2.52. The third-order valence-corrected chi connectivity index (χ3v) is 4.48. The van der Waals surface area contributed by atoms with Gasteiger partial charge in [-0.1, -0.05) is 13.0 Å². The van der Waals surface area contributed by atoms with Crippen LogP contribution < -0.4 is 10.2 Å². The van der Waals surface area contributed by atoms with Crippen molar-refractivity contribution in [2.75, 3.05) is 37.6 Å². The van der Waals surface area contributed by atoms with Crippen LogP contribution in [-0.2, 0) is 6.54 Å². The van der Waals surface area contributed by atoms with Crippen molar-refractivity contribution in [3.63, 3.8) is 0 Å². The maximum absolute atomic E-state index is 4.81. The lowest BCUT2D eigenvalue weighted by Gasteiger charge is -2.35. The fourth-order valence-corrected chi connectivity index (χ4v) is 2.77. The standard InChI is InChI=1S/C16H26N4/c1-3-19-8-10-20(11-9-19)16-7-4-14(13(2)18-16)12-17-15-5-6-15/h4,7,15,17H,3,5-6,8-12H2,1-2H3. The van der Waals surface area contributed by atoms with E-state index in [4.69, 9.17) is 4.98 Å². The lowest BCUT2D eigenvalue weighted by Crippen LogP contribution is -2.46. The van der Waals surface area contributed by atoms with Crippen molar-refractivity contribution in [1.29, 1.82) is 0 Å². The molecule has 2 aliphatic rings. The van der Waals surface area contributed by atoms with Crippen LogP contribution in [0.2, 0.25) is 0 Å². The summed E-state index contributed by atoms with van der Waals surface area (Å²) in [6.45, 7) is 11.0. The molecule has 2 heterocycles. The zero-order valence-electron chi connectivity index (χ0n) is 12.7. The van der Waals surface area contributed by atoms with Gasteiger partial charge >= 0.3 is 0 Å². The van der Waals surface area contributed by atoms with Gasteiger partial charge in [-0.25, -0.2) is 4.98 Å². The highest BCUT2D eigenvalue weighted by atomic mass is 15.3. The molecule has 0 atom stereocenters. The Morgan fingerprint density at radius 2 is 1.95 bits per heavy atom. The quantitative estimate of drug-likeness (QED) is 0.887. The third-order valence-electron chi connectivity index (χ3n) is 4.48. The molecule has 0 aromatic carbocycles. The maximum atomic E-state index is 4.81. The van der Waals surface area contributed by atoms with Crippen molar-refractivity contribution in [3.8, 4) is 0 Å². The minimum Gasteiger partial charge on any atom is -0.354 e. The van der Waals surface area contributed by atoms with E-state index in [1.807, 2.05) is 0 Å². The molecule has 3 rings (SSSR count). The molecule has 20 heavy (non-hydrogen) atoms. The van der Waals surface area contributed by atoms with E-state index in [0.29, 0.717) is 0 Å². The number of hydrogen-bond donors (Lipinski definition) is 1. The van der Waals surface area contributed by atoms with Crippen LogP contribution in [0.15, 0.2) is 12.1 Å². The van der Waals surface area contributed by atoms with E-state index in [1.54, 1.807) is 0 Å². The highest BCUT2D eigenvalue weighted by molar-refractivity contribution is 5.42. The van der Waals surface area contributed by atoms with Crippen LogP contribution in [0.1, 0.15) is 31.0 Å². The minimum atomic E-state index is 0.760. The molecule has 110 valence electrons. The van der Waals surface area contributed by atoms with Gasteiger partial charge in [0.25, 0.3) is 0 Å². The van der Waals surface area contributed by atoms with Crippen LogP contribution in [0.4, 0.5) is 5.82 Å². The average Bonchev–Trinajstić information content (AvgIpc) is 3.30. The van der Waals surface area contributed by atoms with E-state index in [2.05, 4.69) is 41.1 Å². The average molecular weight is 274 g/mol. The maximum Gasteiger partial charge on any atom is 0.128 e. The van der Waals surface area contributed by atoms with Crippen LogP contribution >= 0.6 is 0 Å². The number of piperazine rings is 1. The molecule has 1 aromatic rings. The predicted molar refractivity (Wildman–Crippen MR) is 83.2 cm³/mol. The molecule has 0 radical (unpaired) electrons. The van der Waals surface area contributed by atoms with Crippen LogP contribution in [-0.4, -0.2) is 48.6 Å². The molecule has 1 aliphatic heterocycles. The molecule has 2 fully saturated rings. The number of aromatic nitrogens is 1. The van der Waals surface area contributed by atoms with E-state index in [9.17, 15) is 0 Å². The van der Waals surface area contributed by atoms with E-state index in [-0.39, 0.29) is 0 Å². The number of likely N-dealkylation sites (N-methyl/N-ethyl adjacent to an activating group) is 1. The summed E-state index contributed by atoms with van der Waals surface area (Å²) >= 11 is 0. The Bertz CT molecular complexity index is 448. The number of pyridine rings is 1. The molecular formula is C16H26N4. The van der Waals surface area contributed by atoms with Gasteiger partial charge in [0, 0.05) is 44.5 Å². The Kier molecular flexibility index (Phi) is 4.22. The van der Waals surface area contributed by atoms with Crippen LogP contribution in [0.5, 0.6) is 0 Å². The van der Waals surface area contributed by atoms with E-state index >= 15 is 0 Å². The molecular weight excluding hydrogens is 248 g/mol. The van der Waals surface area contributed by atoms with Gasteiger partial charge in [-0.05, 0) is 37.9 Å². The number of nitrogens with zero attached hydrogens (tertiary/aromatic N) is 3. The highest BCUT2D eigenvalue weighted by Gasteiger charge is 2.21. The Morgan fingerprint density at radius 1 is 1.20 bits per heavy atom. The third kappa shape index (κ3) is 3.30. The van der Waals surface area contributed by atoms with Crippen molar-refractivity contribution < 1.29 is 0 Å². The van der Waals surface area contributed by atoms with Crippen molar-refractivity contribution in [2.45, 2.75) is 39.3 Å². The molecule has 0 amide bonds. The molecule has 1 aliphatic carbocycles.